The number of hydrogen-bond donors (Lipinski definition) is 3. The van der Waals surface area contributed by atoms with E-state index in [4.69, 9.17) is 16.3 Å². The van der Waals surface area contributed by atoms with Gasteiger partial charge >= 0.3 is 5.51 Å². The number of ether oxygens (including phenoxy) is 1. The first-order valence-electron chi connectivity index (χ1n) is 24.6. The van der Waals surface area contributed by atoms with E-state index < -0.39 is 52.8 Å². The molecule has 0 bridgehead atoms. The number of rotatable bonds is 18. The maximum atomic E-state index is 14.3. The Balaban J connectivity index is 0.922. The first kappa shape index (κ1) is 54.1. The number of benzene rings is 4. The molecule has 3 N–H and O–H groups in total. The van der Waals surface area contributed by atoms with Crippen LogP contribution in [0.5, 0.6) is 0 Å². The molecule has 0 radical (unpaired) electrons. The molecule has 2 unspecified atom stereocenters. The number of alkyl halides is 3. The summed E-state index contributed by atoms with van der Waals surface area (Å²) in [5.74, 6) is -0.659. The van der Waals surface area contributed by atoms with Crippen molar-refractivity contribution in [1.82, 2.24) is 24.7 Å². The van der Waals surface area contributed by atoms with E-state index in [-0.39, 0.29) is 17.1 Å². The Morgan fingerprint density at radius 1 is 0.889 bits per heavy atom. The minimum Gasteiger partial charge on any atom is -0.380 e. The Bertz CT molecular complexity index is 2740. The van der Waals surface area contributed by atoms with E-state index in [2.05, 4.69) is 49.3 Å². The number of carbonyl (C=O) groups is 1. The number of allylic oxidation sites excluding steroid dienone is 1. The van der Waals surface area contributed by atoms with Crippen LogP contribution in [0, 0.1) is 5.41 Å². The Kier molecular flexibility index (Phi) is 17.7. The van der Waals surface area contributed by atoms with Crippen LogP contribution in [0.15, 0.2) is 117 Å². The Morgan fingerprint density at radius 3 is 2.28 bits per heavy atom. The number of halogens is 4. The van der Waals surface area contributed by atoms with Crippen molar-refractivity contribution in [1.29, 1.82) is 0 Å². The highest BCUT2D eigenvalue weighted by molar-refractivity contribution is 7.99. The molecule has 4 aromatic rings. The van der Waals surface area contributed by atoms with Crippen LogP contribution in [0.3, 0.4) is 0 Å². The summed E-state index contributed by atoms with van der Waals surface area (Å²) >= 11 is 7.74. The molecule has 8 rings (SSSR count). The number of sulfonamides is 1. The summed E-state index contributed by atoms with van der Waals surface area (Å²) in [6.45, 7) is 16.0. The predicted octanol–water partition coefficient (Wildman–Crippen LogP) is 8.11. The summed E-state index contributed by atoms with van der Waals surface area (Å²) in [6, 6.07) is 26.0. The highest BCUT2D eigenvalue weighted by atomic mass is 35.5. The number of amides is 1. The van der Waals surface area contributed by atoms with Gasteiger partial charge in [-0.05, 0) is 116 Å². The largest absolute Gasteiger partial charge is 0.501 e. The molecule has 390 valence electrons. The van der Waals surface area contributed by atoms with Crippen LogP contribution >= 0.6 is 23.4 Å². The molecule has 1 aliphatic carbocycles. The van der Waals surface area contributed by atoms with Crippen LogP contribution in [-0.4, -0.2) is 153 Å². The zero-order chi connectivity index (χ0) is 51.1. The van der Waals surface area contributed by atoms with Crippen LogP contribution < -0.4 is 20.3 Å². The van der Waals surface area contributed by atoms with Gasteiger partial charge in [0, 0.05) is 118 Å². The zero-order valence-corrected chi connectivity index (χ0v) is 44.0. The molecule has 4 aliphatic rings. The van der Waals surface area contributed by atoms with Gasteiger partial charge in [0.05, 0.1) is 23.3 Å². The maximum Gasteiger partial charge on any atom is 0.501 e. The molecular formula is C52H65ClF3N7O6S3. The third-order valence-corrected chi connectivity index (χ3v) is 18.4. The monoisotopic (exact) mass is 1070 g/mol. The number of nitrogens with one attached hydrogen (secondary N) is 3. The number of nitrogens with zero attached hydrogens (tertiary/aromatic N) is 4. The minimum atomic E-state index is -6.07. The third-order valence-electron chi connectivity index (χ3n) is 14.1. The van der Waals surface area contributed by atoms with Crippen molar-refractivity contribution in [3.8, 4) is 0 Å². The second-order valence-corrected chi connectivity index (χ2v) is 24.8. The lowest BCUT2D eigenvalue weighted by molar-refractivity contribution is -0.0435. The van der Waals surface area contributed by atoms with Gasteiger partial charge in [0.15, 0.2) is 0 Å². The van der Waals surface area contributed by atoms with E-state index in [1.165, 1.54) is 40.6 Å². The summed E-state index contributed by atoms with van der Waals surface area (Å²) in [5.41, 5.74) is -1.03. The molecule has 1 amide bonds. The highest BCUT2D eigenvalue weighted by Crippen LogP contribution is 2.44. The molecule has 4 aromatic carbocycles. The van der Waals surface area contributed by atoms with Crippen LogP contribution in [0.1, 0.15) is 55.5 Å². The Morgan fingerprint density at radius 2 is 1.60 bits per heavy atom. The van der Waals surface area contributed by atoms with Gasteiger partial charge < -0.3 is 25.2 Å². The third kappa shape index (κ3) is 13.9. The molecule has 0 saturated carbocycles. The summed E-state index contributed by atoms with van der Waals surface area (Å²) < 4.78 is 104. The van der Waals surface area contributed by atoms with Crippen LogP contribution in [0.2, 0.25) is 5.02 Å². The average molecular weight is 1070 g/mol. The molecule has 20 heteroatoms. The summed E-state index contributed by atoms with van der Waals surface area (Å²) in [4.78, 5) is 21.8. The standard InChI is InChI=1S/C52H65ClF3N7O6S3/c1-38-34-60(30-31-69-38)23-19-43(36-70-45-6-4-3-5-7-45)58-48-17-16-46(32-49(48)71(65,66)52(54,55)56)72(67,68)59-50(64)40-10-14-44(15-11-40)63-28-26-61(27-29-63)35-41-33-51(2,37-62-24-21-57-22-25-62)20-18-47(41)39-8-12-42(53)13-9-39/h3-17,32,38,43,57-58H,18-31,33-37H2,1-2H3,(H,59,64)/t38?,43-,51?/m1/s1. The van der Waals surface area contributed by atoms with Gasteiger partial charge in [-0.3, -0.25) is 14.6 Å². The van der Waals surface area contributed by atoms with Gasteiger partial charge in [0.1, 0.15) is 4.90 Å². The number of anilines is 2. The Hall–Kier alpha value is -4.18. The van der Waals surface area contributed by atoms with Crippen molar-refractivity contribution in [2.24, 2.45) is 5.41 Å². The highest BCUT2D eigenvalue weighted by Gasteiger charge is 2.48. The molecule has 13 nitrogen and oxygen atoms in total. The van der Waals surface area contributed by atoms with Gasteiger partial charge in [-0.2, -0.15) is 13.2 Å². The molecule has 3 fully saturated rings. The number of sulfone groups is 1. The number of thioether (sulfide) groups is 1. The van der Waals surface area contributed by atoms with E-state index in [1.54, 1.807) is 12.1 Å². The predicted molar refractivity (Wildman–Crippen MR) is 280 cm³/mol. The van der Waals surface area contributed by atoms with Crippen molar-refractivity contribution in [3.05, 3.63) is 119 Å². The molecule has 72 heavy (non-hydrogen) atoms. The van der Waals surface area contributed by atoms with Crippen LogP contribution in [0.25, 0.3) is 5.57 Å². The van der Waals surface area contributed by atoms with Crippen molar-refractivity contribution in [2.45, 2.75) is 71.9 Å². The van der Waals surface area contributed by atoms with Crippen LogP contribution in [-0.2, 0) is 24.6 Å². The van der Waals surface area contributed by atoms with Crippen molar-refractivity contribution >= 4 is 66.1 Å². The molecule has 3 saturated heterocycles. The fourth-order valence-electron chi connectivity index (χ4n) is 10.2. The van der Waals surface area contributed by atoms with Gasteiger partial charge in [-0.25, -0.2) is 21.6 Å². The Labute approximate surface area is 431 Å². The summed E-state index contributed by atoms with van der Waals surface area (Å²) in [6.07, 6.45) is 3.60. The molecule has 3 atom stereocenters. The molecule has 3 heterocycles. The first-order chi connectivity index (χ1) is 34.3. The first-order valence-corrected chi connectivity index (χ1v) is 29.0. The maximum absolute atomic E-state index is 14.3. The van der Waals surface area contributed by atoms with E-state index >= 15 is 0 Å². The molecule has 0 aromatic heterocycles. The zero-order valence-electron chi connectivity index (χ0n) is 40.8. The van der Waals surface area contributed by atoms with E-state index in [0.717, 1.165) is 107 Å². The number of hydrogen-bond acceptors (Lipinski definition) is 13. The number of piperazine rings is 2. The second-order valence-electron chi connectivity index (χ2n) is 19.7. The van der Waals surface area contributed by atoms with Gasteiger partial charge in [0.25, 0.3) is 25.8 Å². The SMILES string of the molecule is CC1CN(CC[C@H](CSc2ccccc2)Nc2ccc(S(=O)(=O)NC(=O)c3ccc(N4CCN(CC5=C(c6ccc(Cl)cc6)CCC(C)(CN6CCNCC6)C5)CC4)cc3)cc2S(=O)(=O)C(F)(F)F)CCO1. The summed E-state index contributed by atoms with van der Waals surface area (Å²) in [7, 11) is -10.9. The fourth-order valence-corrected chi connectivity index (χ4v) is 13.3. The van der Waals surface area contributed by atoms with Crippen LogP contribution in [0.4, 0.5) is 24.5 Å². The van der Waals surface area contributed by atoms with Crippen molar-refractivity contribution in [2.75, 3.05) is 108 Å². The quantitative estimate of drug-likeness (QED) is 0.0827. The number of carbonyl (C=O) groups excluding carboxylic acids is 1. The van der Waals surface area contributed by atoms with Crippen molar-refractivity contribution in [3.63, 3.8) is 0 Å². The average Bonchev–Trinajstić information content (AvgIpc) is 3.35. The van der Waals surface area contributed by atoms with E-state index in [9.17, 15) is 34.8 Å². The van der Waals surface area contributed by atoms with E-state index in [0.29, 0.717) is 49.5 Å². The van der Waals surface area contributed by atoms with Crippen molar-refractivity contribution < 1.29 is 39.5 Å². The normalized spacial score (nSPS) is 21.6. The molecular weight excluding hydrogens is 1010 g/mol. The van der Waals surface area contributed by atoms with Gasteiger partial charge in [-0.15, -0.1) is 11.8 Å². The fraction of sp³-hybridized carbons (Fsp3) is 0.481. The molecule has 3 aliphatic heterocycles. The van der Waals surface area contributed by atoms with Gasteiger partial charge in [0.2, 0.25) is 0 Å². The lowest BCUT2D eigenvalue weighted by atomic mass is 9.71. The van der Waals surface area contributed by atoms with E-state index in [1.807, 2.05) is 54.1 Å². The molecule has 0 spiro atoms. The lowest BCUT2D eigenvalue weighted by Gasteiger charge is -2.43. The second kappa shape index (κ2) is 23.6. The lowest BCUT2D eigenvalue weighted by Crippen LogP contribution is -2.49. The topological polar surface area (TPSA) is 144 Å². The van der Waals surface area contributed by atoms with Gasteiger partial charge in [-0.1, -0.05) is 54.4 Å². The smallest absolute Gasteiger partial charge is 0.380 e. The summed E-state index contributed by atoms with van der Waals surface area (Å²) in [5, 5.41) is 7.20. The number of morpholine rings is 1. The minimum absolute atomic E-state index is 0.00127.